The van der Waals surface area contributed by atoms with Crippen molar-refractivity contribution in [3.8, 4) is 5.75 Å². The number of phenolic OH excluding ortho intramolecular Hbond substituents is 1. The standard InChI is InChI=1S/C18H20N2O3S2/c1-12-19-14(8-24-12)7-23-16-6-18(25-9-16)10-20(11-18)17(22)13-3-2-4-15(21)5-13/h2-5,8,16,21H,6-7,9-11H2,1H3/t16-/m0/s1. The molecule has 7 heteroatoms. The van der Waals surface area contributed by atoms with Crippen molar-refractivity contribution in [1.29, 1.82) is 0 Å². The zero-order valence-corrected chi connectivity index (χ0v) is 15.6. The van der Waals surface area contributed by atoms with Crippen molar-refractivity contribution in [2.24, 2.45) is 0 Å². The second-order valence-electron chi connectivity index (χ2n) is 6.70. The number of aromatic hydroxyl groups is 1. The highest BCUT2D eigenvalue weighted by Gasteiger charge is 2.51. The molecule has 4 rings (SSSR count). The molecule has 0 saturated carbocycles. The lowest BCUT2D eigenvalue weighted by atomic mass is 9.92. The van der Waals surface area contributed by atoms with Crippen LogP contribution in [0.25, 0.3) is 0 Å². The molecule has 0 unspecified atom stereocenters. The third-order valence-electron chi connectivity index (χ3n) is 4.65. The summed E-state index contributed by atoms with van der Waals surface area (Å²) >= 11 is 3.56. The first-order valence-electron chi connectivity index (χ1n) is 8.28. The number of rotatable bonds is 4. The number of ether oxygens (including phenoxy) is 1. The van der Waals surface area contributed by atoms with E-state index in [9.17, 15) is 9.90 Å². The summed E-state index contributed by atoms with van der Waals surface area (Å²) in [6.45, 7) is 4.07. The first-order valence-corrected chi connectivity index (χ1v) is 10.1. The molecule has 2 aliphatic heterocycles. The van der Waals surface area contributed by atoms with Gasteiger partial charge in [-0.15, -0.1) is 23.1 Å². The van der Waals surface area contributed by atoms with Crippen LogP contribution in [0.15, 0.2) is 29.6 Å². The Bertz CT molecular complexity index is 786. The minimum Gasteiger partial charge on any atom is -0.508 e. The number of thiazole rings is 1. The van der Waals surface area contributed by atoms with E-state index >= 15 is 0 Å². The summed E-state index contributed by atoms with van der Waals surface area (Å²) in [7, 11) is 0. The van der Waals surface area contributed by atoms with Crippen LogP contribution in [0.1, 0.15) is 27.5 Å². The average Bonchev–Trinajstić information content (AvgIpc) is 3.17. The summed E-state index contributed by atoms with van der Waals surface area (Å²) in [5.74, 6) is 1.09. The zero-order chi connectivity index (χ0) is 17.4. The van der Waals surface area contributed by atoms with E-state index in [2.05, 4.69) is 4.98 Å². The van der Waals surface area contributed by atoms with Crippen molar-refractivity contribution >= 4 is 29.0 Å². The van der Waals surface area contributed by atoms with Crippen molar-refractivity contribution in [3.05, 3.63) is 45.9 Å². The fourth-order valence-corrected chi connectivity index (χ4v) is 5.57. The fourth-order valence-electron chi connectivity index (χ4n) is 3.42. The van der Waals surface area contributed by atoms with Crippen LogP contribution >= 0.6 is 23.1 Å². The molecule has 2 saturated heterocycles. The van der Waals surface area contributed by atoms with E-state index in [1.165, 1.54) is 6.07 Å². The highest BCUT2D eigenvalue weighted by molar-refractivity contribution is 8.01. The number of aryl methyl sites for hydroxylation is 1. The molecule has 2 aromatic rings. The molecule has 2 fully saturated rings. The van der Waals surface area contributed by atoms with Crippen molar-refractivity contribution in [2.45, 2.75) is 30.8 Å². The normalized spacial score (nSPS) is 21.5. The minimum atomic E-state index is -0.00978. The van der Waals surface area contributed by atoms with E-state index in [1.807, 2.05) is 29.0 Å². The van der Waals surface area contributed by atoms with Crippen LogP contribution < -0.4 is 0 Å². The monoisotopic (exact) mass is 376 g/mol. The van der Waals surface area contributed by atoms with E-state index in [0.29, 0.717) is 12.2 Å². The van der Waals surface area contributed by atoms with Gasteiger partial charge in [-0.2, -0.15) is 0 Å². The first-order chi connectivity index (χ1) is 12.0. The Labute approximate surface area is 155 Å². The molecule has 1 spiro atoms. The molecule has 1 atom stereocenters. The number of likely N-dealkylation sites (tertiary alicyclic amines) is 1. The molecular weight excluding hydrogens is 356 g/mol. The Balaban J connectivity index is 1.29. The number of thioether (sulfide) groups is 1. The molecule has 1 amide bonds. The largest absolute Gasteiger partial charge is 0.508 e. The Morgan fingerprint density at radius 3 is 3.04 bits per heavy atom. The van der Waals surface area contributed by atoms with Crippen molar-refractivity contribution in [1.82, 2.24) is 9.88 Å². The molecule has 0 radical (unpaired) electrons. The number of hydrogen-bond acceptors (Lipinski definition) is 6. The Kier molecular flexibility index (Phi) is 4.47. The van der Waals surface area contributed by atoms with E-state index < -0.39 is 0 Å². The number of carbonyl (C=O) groups is 1. The van der Waals surface area contributed by atoms with Crippen molar-refractivity contribution in [3.63, 3.8) is 0 Å². The fraction of sp³-hybridized carbons (Fsp3) is 0.444. The highest BCUT2D eigenvalue weighted by Crippen LogP contribution is 2.46. The van der Waals surface area contributed by atoms with Gasteiger partial charge in [0.05, 0.1) is 28.2 Å². The van der Waals surface area contributed by atoms with E-state index in [0.717, 1.165) is 36.0 Å². The predicted molar refractivity (Wildman–Crippen MR) is 99.2 cm³/mol. The van der Waals surface area contributed by atoms with Crippen molar-refractivity contribution < 1.29 is 14.6 Å². The number of aromatic nitrogens is 1. The van der Waals surface area contributed by atoms with Crippen LogP contribution in [0, 0.1) is 6.92 Å². The molecule has 1 aromatic heterocycles. The van der Waals surface area contributed by atoms with Crippen molar-refractivity contribution in [2.75, 3.05) is 18.8 Å². The topological polar surface area (TPSA) is 62.7 Å². The van der Waals surface area contributed by atoms with Gasteiger partial charge in [-0.25, -0.2) is 4.98 Å². The van der Waals surface area contributed by atoms with Gasteiger partial charge in [0.2, 0.25) is 0 Å². The van der Waals surface area contributed by atoms with Gasteiger partial charge in [0, 0.05) is 29.8 Å². The lowest BCUT2D eigenvalue weighted by Gasteiger charge is -2.47. The summed E-state index contributed by atoms with van der Waals surface area (Å²) in [6.07, 6.45) is 1.20. The third kappa shape index (κ3) is 3.54. The van der Waals surface area contributed by atoms with Gasteiger partial charge in [-0.3, -0.25) is 4.79 Å². The number of nitrogens with zero attached hydrogens (tertiary/aromatic N) is 2. The molecule has 1 aromatic carbocycles. The average molecular weight is 377 g/mol. The predicted octanol–water partition coefficient (Wildman–Crippen LogP) is 3.07. The lowest BCUT2D eigenvalue weighted by Crippen LogP contribution is -2.60. The smallest absolute Gasteiger partial charge is 0.254 e. The maximum Gasteiger partial charge on any atom is 0.254 e. The summed E-state index contributed by atoms with van der Waals surface area (Å²) in [6, 6.07) is 6.55. The zero-order valence-electron chi connectivity index (χ0n) is 14.0. The number of benzene rings is 1. The molecule has 25 heavy (non-hydrogen) atoms. The van der Waals surface area contributed by atoms with Gasteiger partial charge in [0.25, 0.3) is 5.91 Å². The highest BCUT2D eigenvalue weighted by atomic mass is 32.2. The molecular formula is C18H20N2O3S2. The van der Waals surface area contributed by atoms with Gasteiger partial charge in [-0.1, -0.05) is 6.07 Å². The summed E-state index contributed by atoms with van der Waals surface area (Å²) in [5.41, 5.74) is 1.55. The Morgan fingerprint density at radius 2 is 2.32 bits per heavy atom. The van der Waals surface area contributed by atoms with Crippen LogP contribution in [0.4, 0.5) is 0 Å². The lowest BCUT2D eigenvalue weighted by molar-refractivity contribution is 0.0246. The van der Waals surface area contributed by atoms with Gasteiger partial charge in [0.1, 0.15) is 5.75 Å². The van der Waals surface area contributed by atoms with Crippen LogP contribution in [0.5, 0.6) is 5.75 Å². The minimum absolute atomic E-state index is 0.00978. The quantitative estimate of drug-likeness (QED) is 0.888. The SMILES string of the molecule is Cc1nc(CO[C@@H]2CSC3(C2)CN(C(=O)c2cccc(O)c2)C3)cs1. The Hall–Kier alpha value is -1.57. The first kappa shape index (κ1) is 16.9. The Morgan fingerprint density at radius 1 is 1.48 bits per heavy atom. The molecule has 3 heterocycles. The van der Waals surface area contributed by atoms with Gasteiger partial charge in [-0.05, 0) is 31.5 Å². The van der Waals surface area contributed by atoms with Crippen LogP contribution in [0.2, 0.25) is 0 Å². The number of hydrogen-bond donors (Lipinski definition) is 1. The molecule has 0 aliphatic carbocycles. The van der Waals surface area contributed by atoms with Crippen LogP contribution in [0.3, 0.4) is 0 Å². The van der Waals surface area contributed by atoms with Crippen LogP contribution in [-0.4, -0.2) is 50.6 Å². The molecule has 1 N–H and O–H groups in total. The third-order valence-corrected chi connectivity index (χ3v) is 7.04. The molecule has 0 bridgehead atoms. The van der Waals surface area contributed by atoms with Gasteiger partial charge < -0.3 is 14.7 Å². The molecule has 132 valence electrons. The second kappa shape index (κ2) is 6.63. The van der Waals surface area contributed by atoms with E-state index in [1.54, 1.807) is 29.5 Å². The van der Waals surface area contributed by atoms with Gasteiger partial charge >= 0.3 is 0 Å². The molecule has 5 nitrogen and oxygen atoms in total. The summed E-state index contributed by atoms with van der Waals surface area (Å²) < 4.78 is 6.15. The van der Waals surface area contributed by atoms with Gasteiger partial charge in [0.15, 0.2) is 0 Å². The number of amides is 1. The van der Waals surface area contributed by atoms with Crippen LogP contribution in [-0.2, 0) is 11.3 Å². The number of phenols is 1. The van der Waals surface area contributed by atoms with E-state index in [4.69, 9.17) is 4.74 Å². The van der Waals surface area contributed by atoms with E-state index in [-0.39, 0.29) is 22.5 Å². The summed E-state index contributed by atoms with van der Waals surface area (Å²) in [4.78, 5) is 18.8. The number of carbonyl (C=O) groups excluding carboxylic acids is 1. The molecule has 2 aliphatic rings. The second-order valence-corrected chi connectivity index (χ2v) is 9.25. The maximum absolute atomic E-state index is 12.5. The maximum atomic E-state index is 12.5. The summed E-state index contributed by atoms with van der Waals surface area (Å²) in [5, 5.41) is 12.6.